The topological polar surface area (TPSA) is 94.1 Å². The lowest BCUT2D eigenvalue weighted by atomic mass is 9.81. The molecule has 3 rings (SSSR count). The first-order chi connectivity index (χ1) is 11.2. The molecular weight excluding hydrogens is 339 g/mol. The van der Waals surface area contributed by atoms with Crippen LogP contribution in [0.5, 0.6) is 0 Å². The summed E-state index contributed by atoms with van der Waals surface area (Å²) in [4.78, 5) is 17.7. The molecule has 0 amide bonds. The van der Waals surface area contributed by atoms with Gasteiger partial charge in [-0.1, -0.05) is 0 Å². The van der Waals surface area contributed by atoms with Crippen LogP contribution in [0, 0.1) is 17.2 Å². The predicted octanol–water partition coefficient (Wildman–Crippen LogP) is -0.150. The van der Waals surface area contributed by atoms with Crippen LogP contribution in [-0.2, 0) is 15.0 Å². The van der Waals surface area contributed by atoms with Gasteiger partial charge in [0.2, 0.25) is 0 Å². The van der Waals surface area contributed by atoms with Crippen LogP contribution in [0.15, 0.2) is 18.3 Å². The molecule has 2 atom stereocenters. The summed E-state index contributed by atoms with van der Waals surface area (Å²) in [7, 11) is -0.814. The smallest absolute Gasteiger partial charge is 0.313 e. The molecule has 2 aliphatic heterocycles. The molecule has 0 radical (unpaired) electrons. The first-order valence-electron chi connectivity index (χ1n) is 7.44. The van der Waals surface area contributed by atoms with Crippen molar-refractivity contribution < 1.29 is 22.7 Å². The second-order valence-corrected chi connectivity index (χ2v) is 8.60. The maximum Gasteiger partial charge on any atom is 0.313 e. The highest BCUT2D eigenvalue weighted by atomic mass is 32.2. The third-order valence-corrected chi connectivity index (χ3v) is 6.68. The van der Waals surface area contributed by atoms with Gasteiger partial charge in [-0.25, -0.2) is 9.37 Å². The van der Waals surface area contributed by atoms with Crippen molar-refractivity contribution in [3.8, 4) is 0 Å². The number of carbonyl (C=O) groups is 1. The van der Waals surface area contributed by atoms with Gasteiger partial charge in [-0.3, -0.25) is 4.79 Å². The number of rotatable bonds is 4. The summed E-state index contributed by atoms with van der Waals surface area (Å²) in [6.45, 7) is 0.575. The highest BCUT2D eigenvalue weighted by molar-refractivity contribution is 7.86. The number of hydrogen-bond acceptors (Lipinski definition) is 5. The molecule has 24 heavy (non-hydrogen) atoms. The van der Waals surface area contributed by atoms with Gasteiger partial charge in [-0.15, -0.1) is 0 Å². The molecule has 2 fully saturated rings. The minimum Gasteiger partial charge on any atom is -0.481 e. The van der Waals surface area contributed by atoms with Crippen molar-refractivity contribution in [2.24, 2.45) is 11.3 Å². The number of aliphatic carboxylic acids is 1. The fourth-order valence-electron chi connectivity index (χ4n) is 3.46. The zero-order valence-corrected chi connectivity index (χ0v) is 14.2. The van der Waals surface area contributed by atoms with Crippen LogP contribution >= 0.6 is 0 Å². The zero-order chi connectivity index (χ0) is 17.7. The Balaban J connectivity index is 1.87. The summed E-state index contributed by atoms with van der Waals surface area (Å²) < 4.78 is 39.9. The van der Waals surface area contributed by atoms with Crippen LogP contribution in [-0.4, -0.2) is 73.4 Å². The number of carboxylic acid groups (broad SMARTS) is 1. The zero-order valence-electron chi connectivity index (χ0n) is 13.4. The maximum absolute atomic E-state index is 13.0. The lowest BCUT2D eigenvalue weighted by Crippen LogP contribution is -2.44. The molecule has 2 aliphatic rings. The Labute approximate surface area is 139 Å². The van der Waals surface area contributed by atoms with Gasteiger partial charge in [-0.05, 0) is 12.1 Å². The lowest BCUT2D eigenvalue weighted by molar-refractivity contribution is -0.148. The van der Waals surface area contributed by atoms with E-state index in [1.54, 1.807) is 4.90 Å². The van der Waals surface area contributed by atoms with Crippen molar-refractivity contribution >= 4 is 22.0 Å². The molecule has 1 aromatic heterocycles. The second kappa shape index (κ2) is 5.64. The number of fused-ring (bicyclic) bond motifs is 1. The Morgan fingerprint density at radius 2 is 2.08 bits per heavy atom. The number of anilines is 1. The van der Waals surface area contributed by atoms with Crippen LogP contribution in [0.1, 0.15) is 0 Å². The molecule has 2 saturated heterocycles. The summed E-state index contributed by atoms with van der Waals surface area (Å²) in [6, 6.07) is 2.77. The highest BCUT2D eigenvalue weighted by Crippen LogP contribution is 2.44. The van der Waals surface area contributed by atoms with Crippen LogP contribution < -0.4 is 4.90 Å². The van der Waals surface area contributed by atoms with Gasteiger partial charge < -0.3 is 10.0 Å². The molecule has 8 nitrogen and oxygen atoms in total. The molecule has 132 valence electrons. The Kier molecular flexibility index (Phi) is 4.01. The highest BCUT2D eigenvalue weighted by Gasteiger charge is 2.60. The van der Waals surface area contributed by atoms with Crippen LogP contribution in [0.25, 0.3) is 0 Å². The fraction of sp³-hybridized carbons (Fsp3) is 0.571. The molecule has 0 bridgehead atoms. The maximum atomic E-state index is 13.0. The van der Waals surface area contributed by atoms with E-state index in [1.165, 1.54) is 30.5 Å². The lowest BCUT2D eigenvalue weighted by Gasteiger charge is -2.27. The largest absolute Gasteiger partial charge is 0.481 e. The molecule has 1 aromatic rings. The molecule has 10 heteroatoms. The van der Waals surface area contributed by atoms with E-state index in [2.05, 4.69) is 4.98 Å². The van der Waals surface area contributed by atoms with Crippen molar-refractivity contribution in [1.29, 1.82) is 0 Å². The average Bonchev–Trinajstić information content (AvgIpc) is 3.03. The number of pyridine rings is 1. The third kappa shape index (κ3) is 2.54. The summed E-state index contributed by atoms with van der Waals surface area (Å²) >= 11 is 0. The van der Waals surface area contributed by atoms with Crippen molar-refractivity contribution in [2.45, 2.75) is 0 Å². The van der Waals surface area contributed by atoms with E-state index in [-0.39, 0.29) is 25.6 Å². The molecule has 0 aromatic carbocycles. The standard InChI is InChI=1S/C14H19FN4O4S/c1-17(2)24(22,23)19-7-10-6-18(8-14(10,9-19)13(20)21)12-4-3-11(15)5-16-12/h3-5,10H,6-9H2,1-2H3,(H,20,21)/t10-,14-/m0/s1. The van der Waals surface area contributed by atoms with Crippen LogP contribution in [0.2, 0.25) is 0 Å². The van der Waals surface area contributed by atoms with E-state index in [4.69, 9.17) is 0 Å². The SMILES string of the molecule is CN(C)S(=O)(=O)N1C[C@@H]2CN(c3ccc(F)cn3)C[C@]2(C(=O)O)C1. The molecular formula is C14H19FN4O4S. The molecule has 0 unspecified atom stereocenters. The summed E-state index contributed by atoms with van der Waals surface area (Å²) in [5.41, 5.74) is -1.18. The van der Waals surface area contributed by atoms with E-state index >= 15 is 0 Å². The van der Waals surface area contributed by atoms with Gasteiger partial charge >= 0.3 is 5.97 Å². The second-order valence-electron chi connectivity index (χ2n) is 6.46. The third-order valence-electron chi connectivity index (χ3n) is 4.83. The van der Waals surface area contributed by atoms with Gasteiger partial charge in [0.25, 0.3) is 10.2 Å². The normalized spacial score (nSPS) is 27.7. The molecule has 3 heterocycles. The van der Waals surface area contributed by atoms with E-state index in [9.17, 15) is 22.7 Å². The van der Waals surface area contributed by atoms with Crippen molar-refractivity contribution in [1.82, 2.24) is 13.6 Å². The quantitative estimate of drug-likeness (QED) is 0.805. The van der Waals surface area contributed by atoms with Crippen LogP contribution in [0.4, 0.5) is 10.2 Å². The number of aromatic nitrogens is 1. The van der Waals surface area contributed by atoms with Gasteiger partial charge in [0.1, 0.15) is 17.1 Å². The predicted molar refractivity (Wildman–Crippen MR) is 84.1 cm³/mol. The van der Waals surface area contributed by atoms with Gasteiger partial charge in [0.15, 0.2) is 0 Å². The van der Waals surface area contributed by atoms with Crippen LogP contribution in [0.3, 0.4) is 0 Å². The Morgan fingerprint density at radius 1 is 1.38 bits per heavy atom. The Bertz CT molecular complexity index is 755. The number of halogens is 1. The van der Waals surface area contributed by atoms with E-state index in [0.29, 0.717) is 12.4 Å². The van der Waals surface area contributed by atoms with Crippen molar-refractivity contribution in [3.63, 3.8) is 0 Å². The fourth-order valence-corrected chi connectivity index (χ4v) is 4.68. The minimum absolute atomic E-state index is 0.0782. The monoisotopic (exact) mass is 358 g/mol. The molecule has 1 N–H and O–H groups in total. The number of hydrogen-bond donors (Lipinski definition) is 1. The summed E-state index contributed by atoms with van der Waals surface area (Å²) in [6.07, 6.45) is 1.08. The summed E-state index contributed by atoms with van der Waals surface area (Å²) in [5, 5.41) is 9.76. The molecule has 0 saturated carbocycles. The molecule has 0 spiro atoms. The number of nitrogens with zero attached hydrogens (tertiary/aromatic N) is 4. The van der Waals surface area contributed by atoms with E-state index in [1.807, 2.05) is 0 Å². The summed E-state index contributed by atoms with van der Waals surface area (Å²) in [5.74, 6) is -1.34. The van der Waals surface area contributed by atoms with Crippen molar-refractivity contribution in [3.05, 3.63) is 24.1 Å². The van der Waals surface area contributed by atoms with E-state index in [0.717, 1.165) is 10.5 Å². The minimum atomic E-state index is -3.66. The van der Waals surface area contributed by atoms with E-state index < -0.39 is 27.4 Å². The first-order valence-corrected chi connectivity index (χ1v) is 8.84. The Morgan fingerprint density at radius 3 is 2.58 bits per heavy atom. The van der Waals surface area contributed by atoms with Gasteiger partial charge in [0, 0.05) is 46.2 Å². The average molecular weight is 358 g/mol. The Hall–Kier alpha value is -1.78. The van der Waals surface area contributed by atoms with Gasteiger partial charge in [-0.2, -0.15) is 17.0 Å². The molecule has 0 aliphatic carbocycles. The van der Waals surface area contributed by atoms with Crippen molar-refractivity contribution in [2.75, 3.05) is 45.2 Å². The number of carboxylic acids is 1. The van der Waals surface area contributed by atoms with Gasteiger partial charge in [0.05, 0.1) is 6.20 Å². The first kappa shape index (κ1) is 17.1.